The van der Waals surface area contributed by atoms with Crippen LogP contribution in [0.4, 0.5) is 13.2 Å². The minimum absolute atomic E-state index is 0.455. The Kier molecular flexibility index (Phi) is 7.14. The number of benzene rings is 1. The number of halogens is 3. The van der Waals surface area contributed by atoms with E-state index in [1.54, 1.807) is 12.1 Å². The zero-order valence-corrected chi connectivity index (χ0v) is 16.1. The molecule has 1 aliphatic rings. The molecule has 0 bridgehead atoms. The first-order chi connectivity index (χ1) is 13.1. The fourth-order valence-electron chi connectivity index (χ4n) is 4.30. The molecule has 27 heavy (non-hydrogen) atoms. The zero-order chi connectivity index (χ0) is 19.1. The van der Waals surface area contributed by atoms with E-state index in [1.165, 1.54) is 38.5 Å². The molecule has 0 N–H and O–H groups in total. The summed E-state index contributed by atoms with van der Waals surface area (Å²) in [5.41, 5.74) is 1.17. The van der Waals surface area contributed by atoms with Gasteiger partial charge in [0, 0.05) is 5.39 Å². The van der Waals surface area contributed by atoms with E-state index in [1.807, 2.05) is 12.1 Å². The van der Waals surface area contributed by atoms with Crippen LogP contribution in [0.5, 0.6) is 0 Å². The summed E-state index contributed by atoms with van der Waals surface area (Å²) in [7, 11) is 0. The lowest BCUT2D eigenvalue weighted by Gasteiger charge is -2.19. The molecule has 0 aliphatic heterocycles. The predicted octanol–water partition coefficient (Wildman–Crippen LogP) is 7.64. The van der Waals surface area contributed by atoms with Gasteiger partial charge >= 0.3 is 6.18 Å². The Morgan fingerprint density at radius 3 is 1.67 bits per heavy atom. The van der Waals surface area contributed by atoms with Gasteiger partial charge in [-0.15, -0.1) is 0 Å². The highest BCUT2D eigenvalue weighted by molar-refractivity contribution is 5.83. The molecule has 1 heterocycles. The van der Waals surface area contributed by atoms with Crippen molar-refractivity contribution in [3.8, 4) is 0 Å². The Bertz CT molecular complexity index is 736. The average Bonchev–Trinajstić information content (AvgIpc) is 2.65. The molecule has 0 fully saturated rings. The second kappa shape index (κ2) is 9.57. The molecule has 1 aromatic heterocycles. The SMILES string of the molecule is FC(F)(F)c1nc2ccccc2c2c1CCCCCCCCCCCCC2. The molecule has 2 aromatic rings. The zero-order valence-electron chi connectivity index (χ0n) is 16.1. The van der Waals surface area contributed by atoms with E-state index in [2.05, 4.69) is 4.98 Å². The molecule has 1 nitrogen and oxygen atoms in total. The molecule has 3 rings (SSSR count). The lowest BCUT2D eigenvalue weighted by molar-refractivity contribution is -0.141. The fraction of sp³-hybridized carbons (Fsp3) is 0.609. The van der Waals surface area contributed by atoms with Crippen LogP contribution < -0.4 is 0 Å². The maximum atomic E-state index is 13.8. The minimum Gasteiger partial charge on any atom is -0.243 e. The molecule has 0 unspecified atom stereocenters. The van der Waals surface area contributed by atoms with Crippen molar-refractivity contribution >= 4 is 10.9 Å². The number of para-hydroxylation sites is 1. The van der Waals surface area contributed by atoms with Crippen molar-refractivity contribution in [2.45, 2.75) is 89.6 Å². The highest BCUT2D eigenvalue weighted by Gasteiger charge is 2.36. The highest BCUT2D eigenvalue weighted by Crippen LogP contribution is 2.36. The number of hydrogen-bond acceptors (Lipinski definition) is 1. The smallest absolute Gasteiger partial charge is 0.243 e. The van der Waals surface area contributed by atoms with Gasteiger partial charge in [0.1, 0.15) is 5.69 Å². The van der Waals surface area contributed by atoms with Gasteiger partial charge in [0.25, 0.3) is 0 Å². The number of pyridine rings is 1. The van der Waals surface area contributed by atoms with Crippen LogP contribution in [0.25, 0.3) is 10.9 Å². The predicted molar refractivity (Wildman–Crippen MR) is 105 cm³/mol. The van der Waals surface area contributed by atoms with Crippen molar-refractivity contribution in [1.82, 2.24) is 4.98 Å². The van der Waals surface area contributed by atoms with Crippen LogP contribution in [-0.2, 0) is 19.0 Å². The molecule has 4 heteroatoms. The van der Waals surface area contributed by atoms with E-state index in [9.17, 15) is 13.2 Å². The Balaban J connectivity index is 1.97. The third-order valence-corrected chi connectivity index (χ3v) is 5.73. The lowest BCUT2D eigenvalue weighted by Crippen LogP contribution is -2.15. The monoisotopic (exact) mass is 377 g/mol. The summed E-state index contributed by atoms with van der Waals surface area (Å²) in [4.78, 5) is 4.05. The topological polar surface area (TPSA) is 12.9 Å². The van der Waals surface area contributed by atoms with E-state index in [4.69, 9.17) is 0 Å². The average molecular weight is 377 g/mol. The Labute approximate surface area is 160 Å². The van der Waals surface area contributed by atoms with Gasteiger partial charge in [-0.1, -0.05) is 76.0 Å². The third kappa shape index (κ3) is 5.46. The fourth-order valence-corrected chi connectivity index (χ4v) is 4.30. The van der Waals surface area contributed by atoms with E-state index < -0.39 is 11.9 Å². The van der Waals surface area contributed by atoms with E-state index in [0.717, 1.165) is 49.5 Å². The van der Waals surface area contributed by atoms with E-state index in [0.29, 0.717) is 17.5 Å². The van der Waals surface area contributed by atoms with Gasteiger partial charge in [-0.2, -0.15) is 13.2 Å². The van der Waals surface area contributed by atoms with Gasteiger partial charge in [-0.05, 0) is 42.9 Å². The molecule has 1 aromatic carbocycles. The molecule has 0 atom stereocenters. The number of alkyl halides is 3. The Morgan fingerprint density at radius 1 is 0.630 bits per heavy atom. The van der Waals surface area contributed by atoms with Gasteiger partial charge in [0.05, 0.1) is 5.52 Å². The van der Waals surface area contributed by atoms with Gasteiger partial charge < -0.3 is 0 Å². The number of hydrogen-bond donors (Lipinski definition) is 0. The van der Waals surface area contributed by atoms with Crippen LogP contribution in [0, 0.1) is 0 Å². The van der Waals surface area contributed by atoms with Gasteiger partial charge in [-0.3, -0.25) is 0 Å². The lowest BCUT2D eigenvalue weighted by atomic mass is 9.92. The number of fused-ring (bicyclic) bond motifs is 3. The first-order valence-corrected chi connectivity index (χ1v) is 10.5. The molecule has 148 valence electrons. The number of nitrogens with zero attached hydrogens (tertiary/aromatic N) is 1. The number of rotatable bonds is 0. The van der Waals surface area contributed by atoms with Crippen molar-refractivity contribution in [2.75, 3.05) is 0 Å². The van der Waals surface area contributed by atoms with Crippen molar-refractivity contribution in [3.63, 3.8) is 0 Å². The third-order valence-electron chi connectivity index (χ3n) is 5.73. The summed E-state index contributed by atoms with van der Waals surface area (Å²) in [5.74, 6) is 0. The van der Waals surface area contributed by atoms with Crippen molar-refractivity contribution in [1.29, 1.82) is 0 Å². The van der Waals surface area contributed by atoms with Crippen LogP contribution in [0.1, 0.15) is 87.4 Å². The minimum atomic E-state index is -4.39. The summed E-state index contributed by atoms with van der Waals surface area (Å²) in [6.45, 7) is 0. The van der Waals surface area contributed by atoms with E-state index >= 15 is 0 Å². The summed E-state index contributed by atoms with van der Waals surface area (Å²) in [6, 6.07) is 7.33. The van der Waals surface area contributed by atoms with Crippen LogP contribution >= 0.6 is 0 Å². The molecule has 1 aliphatic carbocycles. The Hall–Kier alpha value is -1.58. The first kappa shape index (κ1) is 20.2. The van der Waals surface area contributed by atoms with Crippen molar-refractivity contribution in [3.05, 3.63) is 41.1 Å². The van der Waals surface area contributed by atoms with Crippen LogP contribution in [0.3, 0.4) is 0 Å². The quantitative estimate of drug-likeness (QED) is 0.459. The van der Waals surface area contributed by atoms with Crippen LogP contribution in [0.15, 0.2) is 24.3 Å². The second-order valence-electron chi connectivity index (χ2n) is 7.82. The van der Waals surface area contributed by atoms with Crippen LogP contribution in [0.2, 0.25) is 0 Å². The summed E-state index contributed by atoms with van der Waals surface area (Å²) < 4.78 is 41.3. The maximum absolute atomic E-state index is 13.8. The first-order valence-electron chi connectivity index (χ1n) is 10.5. The van der Waals surface area contributed by atoms with Gasteiger partial charge in [0.15, 0.2) is 0 Å². The molecule has 0 amide bonds. The molecular weight excluding hydrogens is 347 g/mol. The van der Waals surface area contributed by atoms with Crippen molar-refractivity contribution in [2.24, 2.45) is 0 Å². The summed E-state index contributed by atoms with van der Waals surface area (Å²) in [5, 5.41) is 0.907. The second-order valence-corrected chi connectivity index (χ2v) is 7.82. The van der Waals surface area contributed by atoms with Gasteiger partial charge in [0.2, 0.25) is 0 Å². The maximum Gasteiger partial charge on any atom is 0.433 e. The van der Waals surface area contributed by atoms with Crippen LogP contribution in [-0.4, -0.2) is 4.98 Å². The molecule has 0 saturated heterocycles. The molecular formula is C23H30F3N. The summed E-state index contributed by atoms with van der Waals surface area (Å²) >= 11 is 0. The highest BCUT2D eigenvalue weighted by atomic mass is 19.4. The number of aryl methyl sites for hydroxylation is 1. The molecule has 0 spiro atoms. The van der Waals surface area contributed by atoms with Gasteiger partial charge in [-0.25, -0.2) is 4.98 Å². The summed E-state index contributed by atoms with van der Waals surface area (Å²) in [6.07, 6.45) is 9.30. The molecule has 0 saturated carbocycles. The standard InChI is InChI=1S/C23H30F3N/c24-23(25,26)22-20-16-11-9-7-5-3-1-2-4-6-8-10-14-18(20)19-15-12-13-17-21(19)27-22/h12-13,15,17H,1-11,14,16H2. The Morgan fingerprint density at radius 2 is 1.11 bits per heavy atom. The normalized spacial score (nSPS) is 18.5. The number of aromatic nitrogens is 1. The largest absolute Gasteiger partial charge is 0.433 e. The molecule has 0 radical (unpaired) electrons. The van der Waals surface area contributed by atoms with Crippen molar-refractivity contribution < 1.29 is 13.2 Å². The van der Waals surface area contributed by atoms with E-state index in [-0.39, 0.29) is 0 Å².